The molecule has 1 aliphatic heterocycles. The van der Waals surface area contributed by atoms with Crippen molar-refractivity contribution in [2.24, 2.45) is 13.0 Å². The fourth-order valence-corrected chi connectivity index (χ4v) is 7.32. The van der Waals surface area contributed by atoms with E-state index in [0.717, 1.165) is 19.3 Å². The van der Waals surface area contributed by atoms with Crippen molar-refractivity contribution in [1.82, 2.24) is 14.1 Å². The van der Waals surface area contributed by atoms with Crippen LogP contribution in [0.2, 0.25) is 5.02 Å². The summed E-state index contributed by atoms with van der Waals surface area (Å²) in [6.07, 6.45) is 14.3. The fraction of sp³-hybridized carbons (Fsp3) is 0.583. The van der Waals surface area contributed by atoms with E-state index in [2.05, 4.69) is 11.9 Å². The van der Waals surface area contributed by atoms with Gasteiger partial charge in [0.05, 0.1) is 25.3 Å². The van der Waals surface area contributed by atoms with E-state index in [9.17, 15) is 19.2 Å². The summed E-state index contributed by atoms with van der Waals surface area (Å²) in [6, 6.07) is 2.95. The maximum atomic E-state index is 14.3. The summed E-state index contributed by atoms with van der Waals surface area (Å²) < 4.78 is 19.6. The lowest BCUT2D eigenvalue weighted by molar-refractivity contribution is 0.0257. The van der Waals surface area contributed by atoms with Crippen molar-refractivity contribution in [1.29, 1.82) is 0 Å². The smallest absolute Gasteiger partial charge is 0.332 e. The van der Waals surface area contributed by atoms with Gasteiger partial charge in [-0.2, -0.15) is 0 Å². The Morgan fingerprint density at radius 2 is 1.49 bits per heavy atom. The van der Waals surface area contributed by atoms with Crippen LogP contribution in [0.15, 0.2) is 21.7 Å². The van der Waals surface area contributed by atoms with Crippen LogP contribution >= 0.6 is 11.6 Å². The summed E-state index contributed by atoms with van der Waals surface area (Å²) >= 11 is 6.55. The van der Waals surface area contributed by atoms with Crippen molar-refractivity contribution in [3.63, 3.8) is 0 Å². The molecule has 0 radical (unpaired) electrons. The first-order valence-corrected chi connectivity index (χ1v) is 17.4. The highest BCUT2D eigenvalue weighted by atomic mass is 35.5. The Morgan fingerprint density at radius 1 is 0.894 bits per heavy atom. The standard InChI is InChI=1S/C36H46ClN3O7/c1-6-7-8-9-10-11-12-13-14-15-16-17-18-40-34(43)24-20-23-25(38-33(24)39(3)35(40)44)19-22(2)36(31(23)41)32(42)28-26(45-4)21-27(46-5)29(37)30(28)47-36/h20-22H,6-19H2,1-5H3. The number of halogens is 1. The molecule has 1 aromatic carbocycles. The van der Waals surface area contributed by atoms with Crippen LogP contribution in [0.3, 0.4) is 0 Å². The van der Waals surface area contributed by atoms with Crippen LogP contribution in [0.4, 0.5) is 0 Å². The van der Waals surface area contributed by atoms with E-state index >= 15 is 0 Å². The second kappa shape index (κ2) is 14.6. The maximum absolute atomic E-state index is 14.3. The predicted molar refractivity (Wildman–Crippen MR) is 182 cm³/mol. The molecule has 2 aliphatic rings. The Balaban J connectivity index is 1.35. The molecule has 2 atom stereocenters. The largest absolute Gasteiger partial charge is 0.496 e. The van der Waals surface area contributed by atoms with Crippen molar-refractivity contribution in [2.45, 2.75) is 109 Å². The Labute approximate surface area is 280 Å². The van der Waals surface area contributed by atoms with E-state index in [1.165, 1.54) is 86.9 Å². The zero-order valence-electron chi connectivity index (χ0n) is 28.2. The first-order valence-electron chi connectivity index (χ1n) is 17.0. The summed E-state index contributed by atoms with van der Waals surface area (Å²) in [4.78, 5) is 60.0. The molecule has 2 aromatic heterocycles. The summed E-state index contributed by atoms with van der Waals surface area (Å²) in [5.41, 5.74) is -2.06. The molecule has 10 nitrogen and oxygen atoms in total. The van der Waals surface area contributed by atoms with Crippen molar-refractivity contribution in [3.8, 4) is 17.2 Å². The van der Waals surface area contributed by atoms with Crippen molar-refractivity contribution in [3.05, 3.63) is 54.8 Å². The molecule has 1 spiro atoms. The number of carbonyl (C=O) groups is 2. The Bertz CT molecular complexity index is 1800. The van der Waals surface area contributed by atoms with Gasteiger partial charge in [-0.05, 0) is 18.9 Å². The number of unbranched alkanes of at least 4 members (excludes halogenated alkanes) is 11. The zero-order valence-corrected chi connectivity index (χ0v) is 29.0. The zero-order chi connectivity index (χ0) is 33.9. The minimum absolute atomic E-state index is 0.0254. The number of fused-ring (bicyclic) bond motifs is 3. The molecule has 3 aromatic rings. The number of carbonyl (C=O) groups excluding carboxylic acids is 2. The van der Waals surface area contributed by atoms with Gasteiger partial charge in [0.2, 0.25) is 17.2 Å². The van der Waals surface area contributed by atoms with Gasteiger partial charge in [-0.1, -0.05) is 96.1 Å². The van der Waals surface area contributed by atoms with Gasteiger partial charge < -0.3 is 14.2 Å². The quantitative estimate of drug-likeness (QED) is 0.127. The molecule has 254 valence electrons. The van der Waals surface area contributed by atoms with Crippen LogP contribution in [0.1, 0.15) is 117 Å². The minimum atomic E-state index is -1.91. The molecule has 0 saturated heterocycles. The van der Waals surface area contributed by atoms with Gasteiger partial charge in [-0.15, -0.1) is 0 Å². The predicted octanol–water partition coefficient (Wildman–Crippen LogP) is 6.86. The highest BCUT2D eigenvalue weighted by molar-refractivity contribution is 6.36. The molecule has 1 aliphatic carbocycles. The fourth-order valence-electron chi connectivity index (χ4n) is 7.05. The van der Waals surface area contributed by atoms with Crippen molar-refractivity contribution >= 4 is 34.2 Å². The molecular formula is C36H46ClN3O7. The topological polar surface area (TPSA) is 119 Å². The molecule has 0 bridgehead atoms. The molecule has 11 heteroatoms. The molecule has 2 unspecified atom stereocenters. The molecule has 0 fully saturated rings. The third kappa shape index (κ3) is 6.21. The normalized spacial score (nSPS) is 18.5. The summed E-state index contributed by atoms with van der Waals surface area (Å²) in [6.45, 7) is 4.25. The number of ketones is 2. The summed E-state index contributed by atoms with van der Waals surface area (Å²) in [7, 11) is 4.42. The highest BCUT2D eigenvalue weighted by Crippen LogP contribution is 2.53. The Kier molecular flexibility index (Phi) is 10.8. The number of pyridine rings is 1. The minimum Gasteiger partial charge on any atom is -0.496 e. The van der Waals surface area contributed by atoms with E-state index < -0.39 is 34.3 Å². The molecular weight excluding hydrogens is 622 g/mol. The number of aromatic nitrogens is 3. The number of benzene rings is 1. The number of rotatable bonds is 15. The van der Waals surface area contributed by atoms with E-state index in [-0.39, 0.29) is 57.4 Å². The number of nitrogens with zero attached hydrogens (tertiary/aromatic N) is 3. The van der Waals surface area contributed by atoms with Gasteiger partial charge in [0.25, 0.3) is 5.56 Å². The second-order valence-electron chi connectivity index (χ2n) is 12.9. The van der Waals surface area contributed by atoms with Gasteiger partial charge in [-0.25, -0.2) is 9.78 Å². The van der Waals surface area contributed by atoms with E-state index in [1.54, 1.807) is 14.0 Å². The lowest BCUT2D eigenvalue weighted by atomic mass is 9.71. The SMILES string of the molecule is CCCCCCCCCCCCCCn1c(=O)c2cc3c(nc2n(C)c1=O)CC(C)C1(Oc2c(Cl)c(OC)cc(OC)c2C1=O)C3=O. The first-order chi connectivity index (χ1) is 22.6. The molecule has 0 saturated carbocycles. The third-order valence-electron chi connectivity index (χ3n) is 9.82. The van der Waals surface area contributed by atoms with Gasteiger partial charge in [0.1, 0.15) is 27.7 Å². The van der Waals surface area contributed by atoms with Crippen molar-refractivity contribution in [2.75, 3.05) is 14.2 Å². The lowest BCUT2D eigenvalue weighted by Gasteiger charge is -2.36. The second-order valence-corrected chi connectivity index (χ2v) is 13.3. The maximum Gasteiger partial charge on any atom is 0.332 e. The van der Waals surface area contributed by atoms with Gasteiger partial charge >= 0.3 is 5.69 Å². The van der Waals surface area contributed by atoms with Gasteiger partial charge in [-0.3, -0.25) is 23.5 Å². The number of aryl methyl sites for hydroxylation is 1. The average molecular weight is 668 g/mol. The number of hydrogen-bond donors (Lipinski definition) is 0. The van der Waals surface area contributed by atoms with Gasteiger partial charge in [0.15, 0.2) is 5.75 Å². The average Bonchev–Trinajstić information content (AvgIpc) is 3.38. The van der Waals surface area contributed by atoms with E-state index in [4.69, 9.17) is 25.8 Å². The van der Waals surface area contributed by atoms with Crippen molar-refractivity contribution < 1.29 is 23.8 Å². The third-order valence-corrected chi connectivity index (χ3v) is 10.2. The van der Waals surface area contributed by atoms with Crippen LogP contribution in [-0.4, -0.2) is 45.5 Å². The number of ether oxygens (including phenoxy) is 3. The highest BCUT2D eigenvalue weighted by Gasteiger charge is 2.62. The lowest BCUT2D eigenvalue weighted by Crippen LogP contribution is -2.57. The van der Waals surface area contributed by atoms with Gasteiger partial charge in [0, 0.05) is 31.1 Å². The summed E-state index contributed by atoms with van der Waals surface area (Å²) in [5, 5.41) is 0.203. The molecule has 0 amide bonds. The number of methoxy groups -OCH3 is 2. The monoisotopic (exact) mass is 667 g/mol. The molecule has 47 heavy (non-hydrogen) atoms. The van der Waals surface area contributed by atoms with Crippen LogP contribution < -0.4 is 25.5 Å². The van der Waals surface area contributed by atoms with Crippen LogP contribution in [0, 0.1) is 5.92 Å². The Hall–Kier alpha value is -3.66. The number of hydrogen-bond acceptors (Lipinski definition) is 8. The Morgan fingerprint density at radius 3 is 2.09 bits per heavy atom. The van der Waals surface area contributed by atoms with E-state index in [1.807, 2.05) is 0 Å². The molecule has 0 N–H and O–H groups in total. The van der Waals surface area contributed by atoms with Crippen LogP contribution in [-0.2, 0) is 20.0 Å². The number of Topliss-reactive ketones (excluding diaryl/α,β-unsaturated/α-hetero) is 2. The van der Waals surface area contributed by atoms with E-state index in [0.29, 0.717) is 12.1 Å². The summed E-state index contributed by atoms with van der Waals surface area (Å²) in [5.74, 6) is -1.37. The van der Waals surface area contributed by atoms with Crippen LogP contribution in [0.25, 0.3) is 11.0 Å². The first kappa shape index (κ1) is 34.7. The molecule has 3 heterocycles. The van der Waals surface area contributed by atoms with Crippen LogP contribution in [0.5, 0.6) is 17.2 Å². The molecule has 5 rings (SSSR count).